The maximum absolute atomic E-state index is 12.0. The zero-order valence-corrected chi connectivity index (χ0v) is 15.6. The van der Waals surface area contributed by atoms with E-state index < -0.39 is 0 Å². The van der Waals surface area contributed by atoms with Crippen LogP contribution >= 0.6 is 11.5 Å². The smallest absolute Gasteiger partial charge is 0.222 e. The summed E-state index contributed by atoms with van der Waals surface area (Å²) in [7, 11) is 1.67. The first-order chi connectivity index (χ1) is 12.2. The molecule has 3 rings (SSSR count). The Labute approximate surface area is 152 Å². The predicted molar refractivity (Wildman–Crippen MR) is 99.4 cm³/mol. The molecular weight excluding hydrogens is 336 g/mol. The molecule has 0 atom stereocenters. The van der Waals surface area contributed by atoms with Gasteiger partial charge in [0.2, 0.25) is 11.0 Å². The first-order valence-corrected chi connectivity index (χ1v) is 9.45. The SMILES string of the molecule is CCCC(=O)N1CCN(c2nc(Cc3cccc(OC)c3)ns2)CC1. The Morgan fingerprint density at radius 3 is 2.80 bits per heavy atom. The van der Waals surface area contributed by atoms with Gasteiger partial charge in [0.05, 0.1) is 7.11 Å². The maximum Gasteiger partial charge on any atom is 0.222 e. The molecule has 2 heterocycles. The van der Waals surface area contributed by atoms with Crippen molar-refractivity contribution in [3.63, 3.8) is 0 Å². The Bertz CT molecular complexity index is 711. The molecule has 1 aromatic carbocycles. The van der Waals surface area contributed by atoms with E-state index in [1.54, 1.807) is 7.11 Å². The molecule has 0 unspecified atom stereocenters. The van der Waals surface area contributed by atoms with Gasteiger partial charge < -0.3 is 14.5 Å². The number of methoxy groups -OCH3 is 1. The van der Waals surface area contributed by atoms with Gasteiger partial charge in [0, 0.05) is 50.6 Å². The van der Waals surface area contributed by atoms with Crippen molar-refractivity contribution >= 4 is 22.6 Å². The minimum absolute atomic E-state index is 0.262. The summed E-state index contributed by atoms with van der Waals surface area (Å²) >= 11 is 1.44. The van der Waals surface area contributed by atoms with E-state index >= 15 is 0 Å². The Morgan fingerprint density at radius 1 is 1.28 bits per heavy atom. The summed E-state index contributed by atoms with van der Waals surface area (Å²) in [4.78, 5) is 20.8. The molecule has 6 nitrogen and oxygen atoms in total. The lowest BCUT2D eigenvalue weighted by Crippen LogP contribution is -2.48. The number of hydrogen-bond donors (Lipinski definition) is 0. The average Bonchev–Trinajstić information content (AvgIpc) is 3.10. The average molecular weight is 360 g/mol. The van der Waals surface area contributed by atoms with Gasteiger partial charge >= 0.3 is 0 Å². The highest BCUT2D eigenvalue weighted by atomic mass is 32.1. The third-order valence-electron chi connectivity index (χ3n) is 4.32. The van der Waals surface area contributed by atoms with Gasteiger partial charge in [0.15, 0.2) is 0 Å². The van der Waals surface area contributed by atoms with E-state index in [0.29, 0.717) is 12.8 Å². The van der Waals surface area contributed by atoms with Gasteiger partial charge in [0.1, 0.15) is 11.6 Å². The van der Waals surface area contributed by atoms with E-state index in [2.05, 4.69) is 20.3 Å². The van der Waals surface area contributed by atoms with Crippen molar-refractivity contribution in [2.45, 2.75) is 26.2 Å². The molecule has 2 aromatic rings. The fourth-order valence-corrected chi connectivity index (χ4v) is 3.67. The molecule has 0 radical (unpaired) electrons. The van der Waals surface area contributed by atoms with Crippen LogP contribution in [-0.4, -0.2) is 53.5 Å². The Kier molecular flexibility index (Phi) is 5.86. The van der Waals surface area contributed by atoms with E-state index in [-0.39, 0.29) is 5.91 Å². The molecule has 25 heavy (non-hydrogen) atoms. The summed E-state index contributed by atoms with van der Waals surface area (Å²) in [6.07, 6.45) is 2.25. The highest BCUT2D eigenvalue weighted by Crippen LogP contribution is 2.22. The number of aromatic nitrogens is 2. The van der Waals surface area contributed by atoms with Crippen LogP contribution in [0.25, 0.3) is 0 Å². The molecule has 1 fully saturated rings. The summed E-state index contributed by atoms with van der Waals surface area (Å²) in [6.45, 7) is 5.22. The standard InChI is InChI=1S/C18H24N4O2S/c1-3-5-17(23)21-8-10-22(11-9-21)18-19-16(20-25-18)13-14-6-4-7-15(12-14)24-2/h4,6-7,12H,3,5,8-11,13H2,1-2H3. The van der Waals surface area contributed by atoms with E-state index in [1.165, 1.54) is 11.5 Å². The van der Waals surface area contributed by atoms with Gasteiger partial charge in [0.25, 0.3) is 0 Å². The highest BCUT2D eigenvalue weighted by Gasteiger charge is 2.22. The van der Waals surface area contributed by atoms with Crippen LogP contribution in [0.15, 0.2) is 24.3 Å². The van der Waals surface area contributed by atoms with Crippen LogP contribution in [-0.2, 0) is 11.2 Å². The lowest BCUT2D eigenvalue weighted by Gasteiger charge is -2.34. The molecule has 1 aromatic heterocycles. The molecule has 134 valence electrons. The number of piperazine rings is 1. The van der Waals surface area contributed by atoms with Crippen LogP contribution in [0.4, 0.5) is 5.13 Å². The summed E-state index contributed by atoms with van der Waals surface area (Å²) < 4.78 is 9.75. The fraction of sp³-hybridized carbons (Fsp3) is 0.500. The monoisotopic (exact) mass is 360 g/mol. The largest absolute Gasteiger partial charge is 0.497 e. The number of anilines is 1. The van der Waals surface area contributed by atoms with Crippen LogP contribution < -0.4 is 9.64 Å². The Hall–Kier alpha value is -2.15. The molecule has 0 bridgehead atoms. The van der Waals surface area contributed by atoms with Crippen molar-refractivity contribution in [1.29, 1.82) is 0 Å². The zero-order valence-electron chi connectivity index (χ0n) is 14.8. The van der Waals surface area contributed by atoms with Crippen LogP contribution in [0.1, 0.15) is 31.2 Å². The normalized spacial score (nSPS) is 14.6. The number of ether oxygens (including phenoxy) is 1. The minimum atomic E-state index is 0.262. The molecule has 1 aliphatic heterocycles. The third kappa shape index (κ3) is 4.48. The number of carbonyl (C=O) groups excluding carboxylic acids is 1. The summed E-state index contributed by atoms with van der Waals surface area (Å²) in [5.41, 5.74) is 1.14. The van der Waals surface area contributed by atoms with Crippen LogP contribution in [0.3, 0.4) is 0 Å². The molecule has 0 saturated carbocycles. The van der Waals surface area contributed by atoms with Crippen molar-refractivity contribution in [2.24, 2.45) is 0 Å². The quantitative estimate of drug-likeness (QED) is 0.792. The van der Waals surface area contributed by atoms with Gasteiger partial charge in [-0.3, -0.25) is 4.79 Å². The summed E-state index contributed by atoms with van der Waals surface area (Å²) in [6, 6.07) is 7.98. The molecule has 7 heteroatoms. The molecule has 1 aliphatic rings. The zero-order chi connectivity index (χ0) is 17.6. The van der Waals surface area contributed by atoms with Gasteiger partial charge in [-0.05, 0) is 24.1 Å². The Balaban J connectivity index is 1.58. The maximum atomic E-state index is 12.0. The number of carbonyl (C=O) groups is 1. The van der Waals surface area contributed by atoms with Crippen LogP contribution in [0.2, 0.25) is 0 Å². The van der Waals surface area contributed by atoms with Gasteiger partial charge in [-0.1, -0.05) is 19.1 Å². The molecule has 1 saturated heterocycles. The number of amides is 1. The lowest BCUT2D eigenvalue weighted by atomic mass is 10.1. The van der Waals surface area contributed by atoms with E-state index in [9.17, 15) is 4.79 Å². The topological polar surface area (TPSA) is 58.6 Å². The summed E-state index contributed by atoms with van der Waals surface area (Å²) in [5.74, 6) is 1.94. The summed E-state index contributed by atoms with van der Waals surface area (Å²) in [5, 5.41) is 0.945. The number of benzene rings is 1. The lowest BCUT2D eigenvalue weighted by molar-refractivity contribution is -0.131. The number of rotatable bonds is 6. The molecular formula is C18H24N4O2S. The van der Waals surface area contributed by atoms with Crippen molar-refractivity contribution in [3.05, 3.63) is 35.7 Å². The molecule has 0 aliphatic carbocycles. The van der Waals surface area contributed by atoms with E-state index in [1.807, 2.05) is 30.0 Å². The predicted octanol–water partition coefficient (Wildman–Crippen LogP) is 2.59. The minimum Gasteiger partial charge on any atom is -0.497 e. The Morgan fingerprint density at radius 2 is 2.08 bits per heavy atom. The van der Waals surface area contributed by atoms with Crippen LogP contribution in [0, 0.1) is 0 Å². The van der Waals surface area contributed by atoms with Crippen molar-refractivity contribution in [2.75, 3.05) is 38.2 Å². The van der Waals surface area contributed by atoms with E-state index in [4.69, 9.17) is 4.74 Å². The molecule has 1 amide bonds. The van der Waals surface area contributed by atoms with Gasteiger partial charge in [-0.15, -0.1) is 0 Å². The number of nitrogens with zero attached hydrogens (tertiary/aromatic N) is 4. The first kappa shape index (κ1) is 17.7. The van der Waals surface area contributed by atoms with Crippen molar-refractivity contribution in [3.8, 4) is 5.75 Å². The van der Waals surface area contributed by atoms with E-state index in [0.717, 1.165) is 54.9 Å². The second-order valence-electron chi connectivity index (χ2n) is 6.14. The number of hydrogen-bond acceptors (Lipinski definition) is 6. The fourth-order valence-electron chi connectivity index (χ4n) is 2.93. The van der Waals surface area contributed by atoms with Gasteiger partial charge in [-0.25, -0.2) is 4.98 Å². The third-order valence-corrected chi connectivity index (χ3v) is 5.14. The second-order valence-corrected chi connectivity index (χ2v) is 6.87. The molecule has 0 spiro atoms. The van der Waals surface area contributed by atoms with Crippen molar-refractivity contribution in [1.82, 2.24) is 14.3 Å². The van der Waals surface area contributed by atoms with Crippen molar-refractivity contribution < 1.29 is 9.53 Å². The highest BCUT2D eigenvalue weighted by molar-refractivity contribution is 7.09. The van der Waals surface area contributed by atoms with Gasteiger partial charge in [-0.2, -0.15) is 4.37 Å². The van der Waals surface area contributed by atoms with Crippen LogP contribution in [0.5, 0.6) is 5.75 Å². The second kappa shape index (κ2) is 8.29. The first-order valence-electron chi connectivity index (χ1n) is 8.68. The molecule has 0 N–H and O–H groups in total.